The van der Waals surface area contributed by atoms with Crippen molar-refractivity contribution < 1.29 is 18.0 Å². The SMILES string of the molecule is CC(=O)N1CCCc2cc(S(=O)(=O)Nc3ccccc3C(=O)N3CCCCC3)ccc21. The van der Waals surface area contributed by atoms with Crippen LogP contribution >= 0.6 is 0 Å². The molecule has 4 rings (SSSR count). The predicted octanol–water partition coefficient (Wildman–Crippen LogP) is 3.41. The topological polar surface area (TPSA) is 86.8 Å². The van der Waals surface area contributed by atoms with E-state index in [-0.39, 0.29) is 22.4 Å². The lowest BCUT2D eigenvalue weighted by Crippen LogP contribution is -2.36. The lowest BCUT2D eigenvalue weighted by atomic mass is 10.0. The number of para-hydroxylation sites is 1. The number of hydrogen-bond acceptors (Lipinski definition) is 4. The van der Waals surface area contributed by atoms with Gasteiger partial charge in [-0.25, -0.2) is 8.42 Å². The summed E-state index contributed by atoms with van der Waals surface area (Å²) in [5.41, 5.74) is 2.23. The van der Waals surface area contributed by atoms with E-state index in [0.29, 0.717) is 31.6 Å². The number of hydrogen-bond donors (Lipinski definition) is 1. The summed E-state index contributed by atoms with van der Waals surface area (Å²) in [6, 6.07) is 11.6. The minimum atomic E-state index is -3.90. The van der Waals surface area contributed by atoms with E-state index in [1.807, 2.05) is 0 Å². The van der Waals surface area contributed by atoms with Crippen LogP contribution in [0.5, 0.6) is 0 Å². The second-order valence-electron chi connectivity index (χ2n) is 8.07. The van der Waals surface area contributed by atoms with Gasteiger partial charge >= 0.3 is 0 Å². The van der Waals surface area contributed by atoms with E-state index >= 15 is 0 Å². The van der Waals surface area contributed by atoms with Crippen LogP contribution in [0.4, 0.5) is 11.4 Å². The van der Waals surface area contributed by atoms with Gasteiger partial charge in [0.05, 0.1) is 16.1 Å². The van der Waals surface area contributed by atoms with E-state index < -0.39 is 10.0 Å². The van der Waals surface area contributed by atoms with Gasteiger partial charge in [0.2, 0.25) is 5.91 Å². The molecule has 2 heterocycles. The van der Waals surface area contributed by atoms with E-state index in [0.717, 1.165) is 36.9 Å². The number of nitrogens with one attached hydrogen (secondary N) is 1. The fourth-order valence-electron chi connectivity index (χ4n) is 4.30. The molecule has 2 aliphatic rings. The van der Waals surface area contributed by atoms with Crippen molar-refractivity contribution in [1.82, 2.24) is 4.90 Å². The molecule has 2 amide bonds. The number of fused-ring (bicyclic) bond motifs is 1. The molecule has 2 aromatic rings. The lowest BCUT2D eigenvalue weighted by Gasteiger charge is -2.29. The first-order chi connectivity index (χ1) is 14.9. The molecule has 2 aromatic carbocycles. The van der Waals surface area contributed by atoms with Crippen LogP contribution in [0.15, 0.2) is 47.4 Å². The summed E-state index contributed by atoms with van der Waals surface area (Å²) < 4.78 is 28.9. The molecule has 1 saturated heterocycles. The summed E-state index contributed by atoms with van der Waals surface area (Å²) in [6.07, 6.45) is 4.54. The minimum Gasteiger partial charge on any atom is -0.339 e. The van der Waals surface area contributed by atoms with Crippen LogP contribution in [0, 0.1) is 0 Å². The van der Waals surface area contributed by atoms with E-state index in [4.69, 9.17) is 0 Å². The zero-order valence-electron chi connectivity index (χ0n) is 17.6. The highest BCUT2D eigenvalue weighted by atomic mass is 32.2. The lowest BCUT2D eigenvalue weighted by molar-refractivity contribution is -0.116. The quantitative estimate of drug-likeness (QED) is 0.788. The molecular formula is C23H27N3O4S. The van der Waals surface area contributed by atoms with Gasteiger partial charge in [-0.05, 0) is 68.0 Å². The Kier molecular flexibility index (Phi) is 6.00. The number of sulfonamides is 1. The third-order valence-corrected chi connectivity index (χ3v) is 7.27. The smallest absolute Gasteiger partial charge is 0.261 e. The minimum absolute atomic E-state index is 0.0557. The van der Waals surface area contributed by atoms with E-state index in [1.165, 1.54) is 13.0 Å². The van der Waals surface area contributed by atoms with Gasteiger partial charge in [-0.3, -0.25) is 14.3 Å². The molecule has 0 saturated carbocycles. The van der Waals surface area contributed by atoms with Gasteiger partial charge in [0.25, 0.3) is 15.9 Å². The molecule has 2 aliphatic heterocycles. The maximum Gasteiger partial charge on any atom is 0.261 e. The number of anilines is 2. The third kappa shape index (κ3) is 4.44. The van der Waals surface area contributed by atoms with Crippen LogP contribution in [-0.2, 0) is 21.2 Å². The largest absolute Gasteiger partial charge is 0.339 e. The molecule has 1 fully saturated rings. The Bertz CT molecular complexity index is 1110. The van der Waals surface area contributed by atoms with Gasteiger partial charge in [0.1, 0.15) is 0 Å². The van der Waals surface area contributed by atoms with Crippen molar-refractivity contribution in [3.05, 3.63) is 53.6 Å². The van der Waals surface area contributed by atoms with Gasteiger partial charge in [-0.1, -0.05) is 12.1 Å². The van der Waals surface area contributed by atoms with E-state index in [2.05, 4.69) is 4.72 Å². The first-order valence-electron chi connectivity index (χ1n) is 10.7. The van der Waals surface area contributed by atoms with Crippen molar-refractivity contribution >= 4 is 33.2 Å². The monoisotopic (exact) mass is 441 g/mol. The zero-order valence-corrected chi connectivity index (χ0v) is 18.5. The third-order valence-electron chi connectivity index (χ3n) is 5.91. The van der Waals surface area contributed by atoms with E-state index in [1.54, 1.807) is 46.2 Å². The fraction of sp³-hybridized carbons (Fsp3) is 0.391. The normalized spacial score (nSPS) is 16.5. The van der Waals surface area contributed by atoms with Crippen LogP contribution in [0.2, 0.25) is 0 Å². The zero-order chi connectivity index (χ0) is 22.0. The molecule has 1 N–H and O–H groups in total. The summed E-state index contributed by atoms with van der Waals surface area (Å²) in [5, 5.41) is 0. The number of amides is 2. The van der Waals surface area contributed by atoms with Crippen LogP contribution in [0.1, 0.15) is 48.5 Å². The standard InChI is InChI=1S/C23H27N3O4S/c1-17(27)26-15-7-8-18-16-19(11-12-22(18)26)31(29,30)24-21-10-4-3-9-20(21)23(28)25-13-5-2-6-14-25/h3-4,9-12,16,24H,2,5-8,13-15H2,1H3. The highest BCUT2D eigenvalue weighted by Crippen LogP contribution is 2.31. The molecule has 8 heteroatoms. The van der Waals surface area contributed by atoms with Crippen LogP contribution in [0.3, 0.4) is 0 Å². The van der Waals surface area contributed by atoms with Crippen molar-refractivity contribution in [3.63, 3.8) is 0 Å². The molecule has 0 aliphatic carbocycles. The molecule has 0 radical (unpaired) electrons. The van der Waals surface area contributed by atoms with Crippen molar-refractivity contribution in [2.75, 3.05) is 29.3 Å². The summed E-state index contributed by atoms with van der Waals surface area (Å²) >= 11 is 0. The summed E-state index contributed by atoms with van der Waals surface area (Å²) in [7, 11) is -3.90. The van der Waals surface area contributed by atoms with E-state index in [9.17, 15) is 18.0 Å². The number of piperidine rings is 1. The molecular weight excluding hydrogens is 414 g/mol. The maximum absolute atomic E-state index is 13.1. The number of likely N-dealkylation sites (tertiary alicyclic amines) is 1. The number of rotatable bonds is 4. The van der Waals surface area contributed by atoms with Crippen LogP contribution < -0.4 is 9.62 Å². The van der Waals surface area contributed by atoms with Crippen molar-refractivity contribution in [3.8, 4) is 0 Å². The average molecular weight is 442 g/mol. The number of carbonyl (C=O) groups excluding carboxylic acids is 2. The number of aryl methyl sites for hydroxylation is 1. The first-order valence-corrected chi connectivity index (χ1v) is 12.2. The summed E-state index contributed by atoms with van der Waals surface area (Å²) in [6.45, 7) is 3.53. The van der Waals surface area contributed by atoms with Gasteiger partial charge in [-0.15, -0.1) is 0 Å². The number of carbonyl (C=O) groups is 2. The highest BCUT2D eigenvalue weighted by molar-refractivity contribution is 7.92. The molecule has 0 atom stereocenters. The van der Waals surface area contributed by atoms with Crippen molar-refractivity contribution in [2.45, 2.75) is 43.9 Å². The first kappa shape index (κ1) is 21.4. The van der Waals surface area contributed by atoms with Crippen molar-refractivity contribution in [1.29, 1.82) is 0 Å². The van der Waals surface area contributed by atoms with Gasteiger partial charge in [0.15, 0.2) is 0 Å². The Morgan fingerprint density at radius 2 is 1.68 bits per heavy atom. The average Bonchev–Trinajstić information content (AvgIpc) is 2.78. The molecule has 164 valence electrons. The molecule has 0 aromatic heterocycles. The Hall–Kier alpha value is -2.87. The highest BCUT2D eigenvalue weighted by Gasteiger charge is 2.25. The molecule has 0 spiro atoms. The Morgan fingerprint density at radius 3 is 2.42 bits per heavy atom. The number of nitrogens with zero attached hydrogens (tertiary/aromatic N) is 2. The fourth-order valence-corrected chi connectivity index (χ4v) is 5.43. The molecule has 7 nitrogen and oxygen atoms in total. The predicted molar refractivity (Wildman–Crippen MR) is 120 cm³/mol. The number of benzene rings is 2. The molecule has 0 bridgehead atoms. The maximum atomic E-state index is 13.1. The summed E-state index contributed by atoms with van der Waals surface area (Å²) in [4.78, 5) is 28.4. The van der Waals surface area contributed by atoms with Gasteiger partial charge < -0.3 is 9.80 Å². The van der Waals surface area contributed by atoms with Gasteiger partial charge in [0, 0.05) is 32.2 Å². The Morgan fingerprint density at radius 1 is 0.935 bits per heavy atom. The molecule has 31 heavy (non-hydrogen) atoms. The second-order valence-corrected chi connectivity index (χ2v) is 9.75. The second kappa shape index (κ2) is 8.70. The van der Waals surface area contributed by atoms with Crippen LogP contribution in [0.25, 0.3) is 0 Å². The molecule has 0 unspecified atom stereocenters. The van der Waals surface area contributed by atoms with Crippen LogP contribution in [-0.4, -0.2) is 44.8 Å². The summed E-state index contributed by atoms with van der Waals surface area (Å²) in [5.74, 6) is -0.208. The van der Waals surface area contributed by atoms with Gasteiger partial charge in [-0.2, -0.15) is 0 Å². The van der Waals surface area contributed by atoms with Crippen molar-refractivity contribution in [2.24, 2.45) is 0 Å². The Labute approximate surface area is 183 Å². The Balaban J connectivity index is 1.61.